The SMILES string of the molecule is CC[C@H](C)[C@H](NC(=O)[C@@H](NC(=O)[C@H](CO)NC(=O)[C@@H](NC(=O)[C@@H]1CCCN1C(=O)[C@H](Cc1ccccc1)NC(=O)[C@H](CCCN=C(N)N)NC(=O)[C@@H](N)CO)[C@@H](C)O)[C@@H](C)CC)C(=O)O. The molecule has 1 aromatic rings. The van der Waals surface area contributed by atoms with Crippen LogP contribution in [0.4, 0.5) is 0 Å². The Morgan fingerprint density at radius 2 is 1.29 bits per heavy atom. The van der Waals surface area contributed by atoms with Crippen molar-refractivity contribution in [2.45, 2.75) is 134 Å². The third-order valence-electron chi connectivity index (χ3n) is 11.3. The highest BCUT2D eigenvalue weighted by Crippen LogP contribution is 2.21. The van der Waals surface area contributed by atoms with Gasteiger partial charge in [0.15, 0.2) is 5.96 Å². The van der Waals surface area contributed by atoms with Gasteiger partial charge in [-0.15, -0.1) is 0 Å². The van der Waals surface area contributed by atoms with E-state index in [4.69, 9.17) is 17.2 Å². The summed E-state index contributed by atoms with van der Waals surface area (Å²) in [5, 5.41) is 54.8. The number of hydrogen-bond donors (Lipinski definition) is 13. The highest BCUT2D eigenvalue weighted by molar-refractivity contribution is 5.98. The Hall–Kier alpha value is -5.91. The number of carboxylic acid groups (broad SMARTS) is 1. The second-order valence-electron chi connectivity index (χ2n) is 16.3. The normalized spacial score (nSPS) is 18.1. The topological polar surface area (TPSA) is 383 Å². The maximum absolute atomic E-state index is 14.4. The van der Waals surface area contributed by atoms with Gasteiger partial charge >= 0.3 is 5.97 Å². The van der Waals surface area contributed by atoms with Crippen molar-refractivity contribution in [3.8, 4) is 0 Å². The van der Waals surface area contributed by atoms with Crippen LogP contribution in [0, 0.1) is 11.8 Å². The molecule has 364 valence electrons. The van der Waals surface area contributed by atoms with Gasteiger partial charge in [0, 0.05) is 19.5 Å². The summed E-state index contributed by atoms with van der Waals surface area (Å²) in [4.78, 5) is 112. The van der Waals surface area contributed by atoms with Crippen molar-refractivity contribution < 1.29 is 58.8 Å². The third-order valence-corrected chi connectivity index (χ3v) is 11.3. The zero-order valence-corrected chi connectivity index (χ0v) is 37.7. The van der Waals surface area contributed by atoms with Crippen LogP contribution in [0.3, 0.4) is 0 Å². The summed E-state index contributed by atoms with van der Waals surface area (Å²) >= 11 is 0. The Kier molecular flexibility index (Phi) is 23.3. The molecule has 11 atom stereocenters. The Morgan fingerprint density at radius 3 is 1.85 bits per heavy atom. The molecule has 0 aromatic heterocycles. The van der Waals surface area contributed by atoms with E-state index >= 15 is 0 Å². The van der Waals surface area contributed by atoms with Crippen LogP contribution in [0.25, 0.3) is 0 Å². The van der Waals surface area contributed by atoms with E-state index in [1.165, 1.54) is 11.8 Å². The maximum atomic E-state index is 14.4. The van der Waals surface area contributed by atoms with E-state index in [9.17, 15) is 58.8 Å². The fourth-order valence-electron chi connectivity index (χ4n) is 6.95. The van der Waals surface area contributed by atoms with Gasteiger partial charge in [0.1, 0.15) is 48.3 Å². The van der Waals surface area contributed by atoms with E-state index in [2.05, 4.69) is 36.9 Å². The molecule has 23 heteroatoms. The number of carbonyl (C=O) groups excluding carboxylic acids is 7. The van der Waals surface area contributed by atoms with Crippen molar-refractivity contribution in [2.24, 2.45) is 34.0 Å². The number of aliphatic imine (C=N–C) groups is 1. The molecule has 1 aromatic carbocycles. The fourth-order valence-corrected chi connectivity index (χ4v) is 6.95. The lowest BCUT2D eigenvalue weighted by Gasteiger charge is -2.31. The number of aliphatic hydroxyl groups is 3. The molecule has 7 amide bonds. The fraction of sp³-hybridized carbons (Fsp3) is 0.643. The van der Waals surface area contributed by atoms with Gasteiger partial charge in [-0.3, -0.25) is 38.6 Å². The smallest absolute Gasteiger partial charge is 0.326 e. The van der Waals surface area contributed by atoms with Crippen LogP contribution in [-0.4, -0.2) is 159 Å². The first-order chi connectivity index (χ1) is 30.7. The van der Waals surface area contributed by atoms with Gasteiger partial charge in [-0.1, -0.05) is 70.9 Å². The molecular weight excluding hydrogens is 851 g/mol. The van der Waals surface area contributed by atoms with Gasteiger partial charge in [-0.2, -0.15) is 0 Å². The lowest BCUT2D eigenvalue weighted by atomic mass is 9.95. The second-order valence-corrected chi connectivity index (χ2v) is 16.3. The highest BCUT2D eigenvalue weighted by atomic mass is 16.4. The number of nitrogens with one attached hydrogen (secondary N) is 6. The molecule has 65 heavy (non-hydrogen) atoms. The van der Waals surface area contributed by atoms with E-state index in [-0.39, 0.29) is 44.7 Å². The zero-order chi connectivity index (χ0) is 49.0. The molecule has 0 unspecified atom stereocenters. The van der Waals surface area contributed by atoms with Crippen molar-refractivity contribution in [3.63, 3.8) is 0 Å². The van der Waals surface area contributed by atoms with Gasteiger partial charge in [0.05, 0.1) is 19.3 Å². The van der Waals surface area contributed by atoms with Gasteiger partial charge in [-0.05, 0) is 50.0 Å². The van der Waals surface area contributed by atoms with Crippen molar-refractivity contribution in [1.82, 2.24) is 36.8 Å². The molecule has 1 aliphatic rings. The number of likely N-dealkylation sites (tertiary alicyclic amines) is 1. The van der Waals surface area contributed by atoms with Gasteiger partial charge < -0.3 is 74.4 Å². The van der Waals surface area contributed by atoms with E-state index in [1.54, 1.807) is 58.0 Å². The summed E-state index contributed by atoms with van der Waals surface area (Å²) in [5.41, 5.74) is 17.1. The number of benzene rings is 1. The first-order valence-electron chi connectivity index (χ1n) is 21.8. The van der Waals surface area contributed by atoms with Crippen LogP contribution in [0.2, 0.25) is 0 Å². The van der Waals surface area contributed by atoms with Crippen LogP contribution in [0.15, 0.2) is 35.3 Å². The predicted molar refractivity (Wildman–Crippen MR) is 237 cm³/mol. The lowest BCUT2D eigenvalue weighted by Crippen LogP contribution is -2.62. The Labute approximate surface area is 378 Å². The van der Waals surface area contributed by atoms with Crippen LogP contribution in [0.5, 0.6) is 0 Å². The molecule has 1 heterocycles. The van der Waals surface area contributed by atoms with Crippen molar-refractivity contribution >= 4 is 53.3 Å². The summed E-state index contributed by atoms with van der Waals surface area (Å²) in [6.45, 7) is 6.50. The number of hydrogen-bond acceptors (Lipinski definition) is 13. The molecule has 23 nitrogen and oxygen atoms in total. The summed E-state index contributed by atoms with van der Waals surface area (Å²) in [6.07, 6.45) is -0.0881. The largest absolute Gasteiger partial charge is 0.480 e. The van der Waals surface area contributed by atoms with Crippen LogP contribution in [-0.2, 0) is 44.8 Å². The number of carbonyl (C=O) groups is 8. The Balaban J connectivity index is 2.32. The molecule has 1 fully saturated rings. The van der Waals surface area contributed by atoms with E-state index in [0.29, 0.717) is 24.8 Å². The van der Waals surface area contributed by atoms with E-state index in [1.807, 2.05) is 0 Å². The molecular formula is C42H69N11O12. The molecule has 1 saturated heterocycles. The Bertz CT molecular complexity index is 1800. The summed E-state index contributed by atoms with van der Waals surface area (Å²) in [5.74, 6) is -8.40. The van der Waals surface area contributed by atoms with Crippen molar-refractivity contribution in [2.75, 3.05) is 26.3 Å². The molecule has 0 bridgehead atoms. The van der Waals surface area contributed by atoms with E-state index in [0.717, 1.165) is 0 Å². The molecule has 1 aliphatic heterocycles. The molecule has 0 radical (unpaired) electrons. The zero-order valence-electron chi connectivity index (χ0n) is 37.7. The van der Waals surface area contributed by atoms with Crippen LogP contribution < -0.4 is 49.1 Å². The van der Waals surface area contributed by atoms with E-state index < -0.39 is 127 Å². The number of nitrogens with two attached hydrogens (primary N) is 3. The first-order valence-corrected chi connectivity index (χ1v) is 21.8. The minimum absolute atomic E-state index is 0.00840. The monoisotopic (exact) mass is 920 g/mol. The molecule has 0 spiro atoms. The molecule has 0 saturated carbocycles. The summed E-state index contributed by atoms with van der Waals surface area (Å²) < 4.78 is 0. The number of aliphatic hydroxyl groups excluding tert-OH is 3. The number of rotatable bonds is 27. The van der Waals surface area contributed by atoms with Crippen molar-refractivity contribution in [1.29, 1.82) is 0 Å². The van der Waals surface area contributed by atoms with Crippen LogP contribution >= 0.6 is 0 Å². The number of carboxylic acids is 1. The number of guanidine groups is 1. The molecule has 2 rings (SSSR count). The second kappa shape index (κ2) is 27.4. The average molecular weight is 920 g/mol. The quantitative estimate of drug-likeness (QED) is 0.0228. The maximum Gasteiger partial charge on any atom is 0.326 e. The molecule has 0 aliphatic carbocycles. The lowest BCUT2D eigenvalue weighted by molar-refractivity contribution is -0.144. The van der Waals surface area contributed by atoms with Gasteiger partial charge in [-0.25, -0.2) is 4.79 Å². The van der Waals surface area contributed by atoms with Crippen molar-refractivity contribution in [3.05, 3.63) is 35.9 Å². The average Bonchev–Trinajstić information content (AvgIpc) is 3.78. The minimum Gasteiger partial charge on any atom is -0.480 e. The number of amides is 7. The highest BCUT2D eigenvalue weighted by Gasteiger charge is 2.41. The first kappa shape index (κ1) is 55.2. The molecule has 16 N–H and O–H groups in total. The standard InChI is InChI=1S/C42H69N11O12/c1-6-22(3)31(38(61)51-32(41(64)65)23(4)7-2)50-36(59)29(21-55)49-39(62)33(24(5)56)52-37(60)30-16-12-18-53(30)40(63)28(19-25-13-9-8-10-14-25)48-35(58)27(15-11-17-46-42(44)45)47-34(57)26(43)20-54/h8-10,13-14,22-24,26-33,54-56H,6-7,11-12,15-21,43H2,1-5H3,(H,47,57)(H,48,58)(H,49,62)(H,50,59)(H,51,61)(H,52,60)(H,64,65)(H4,44,45,46)/t22-,23-,24+,26-,27-,28-,29-,30-,31-,32-,33-/m0/s1. The Morgan fingerprint density at radius 1 is 0.738 bits per heavy atom. The third kappa shape index (κ3) is 17.2. The van der Waals surface area contributed by atoms with Crippen LogP contribution in [0.1, 0.15) is 78.7 Å². The predicted octanol–water partition coefficient (Wildman–Crippen LogP) is -3.95. The minimum atomic E-state index is -1.71. The summed E-state index contributed by atoms with van der Waals surface area (Å²) in [6, 6.07) is -2.31. The summed E-state index contributed by atoms with van der Waals surface area (Å²) in [7, 11) is 0. The van der Waals surface area contributed by atoms with Gasteiger partial charge in [0.2, 0.25) is 41.4 Å². The van der Waals surface area contributed by atoms with Gasteiger partial charge in [0.25, 0.3) is 0 Å². The number of aliphatic carboxylic acids is 1. The number of nitrogens with zero attached hydrogens (tertiary/aromatic N) is 2.